The van der Waals surface area contributed by atoms with Crippen LogP contribution >= 0.6 is 0 Å². The number of hydrogen-bond acceptors (Lipinski definition) is 0. The Morgan fingerprint density at radius 2 is 1.57 bits per heavy atom. The number of fused-ring (bicyclic) bond motifs is 3. The number of benzene rings is 2. The van der Waals surface area contributed by atoms with Gasteiger partial charge in [0.05, 0.1) is 0 Å². The normalized spacial score (nSPS) is 13.3. The van der Waals surface area contributed by atoms with E-state index < -0.39 is 0 Å². The molecule has 0 spiro atoms. The summed E-state index contributed by atoms with van der Waals surface area (Å²) in [7, 11) is 0. The van der Waals surface area contributed by atoms with Crippen LogP contribution in [0.3, 0.4) is 0 Å². The predicted molar refractivity (Wildman–Crippen MR) is 119 cm³/mol. The van der Waals surface area contributed by atoms with E-state index in [2.05, 4.69) is 90.9 Å². The summed E-state index contributed by atoms with van der Waals surface area (Å²) in [5.74, 6) is 0.613. The van der Waals surface area contributed by atoms with E-state index in [4.69, 9.17) is 0 Å². The molecule has 0 heterocycles. The zero-order valence-electron chi connectivity index (χ0n) is 18.5. The molecule has 0 aromatic heterocycles. The number of hydrogen-bond donors (Lipinski definition) is 0. The summed E-state index contributed by atoms with van der Waals surface area (Å²) in [6.45, 7) is 15.6. The van der Waals surface area contributed by atoms with Crippen LogP contribution in [0.5, 0.6) is 0 Å². The molecule has 146 valence electrons. The van der Waals surface area contributed by atoms with Crippen LogP contribution in [0.2, 0.25) is 0 Å². The van der Waals surface area contributed by atoms with Gasteiger partial charge in [0, 0.05) is 25.8 Å². The molecule has 0 bridgehead atoms. The monoisotopic (exact) mass is 536 g/mol. The third-order valence-corrected chi connectivity index (χ3v) is 6.67. The van der Waals surface area contributed by atoms with Crippen LogP contribution in [-0.2, 0) is 32.3 Å². The smallest absolute Gasteiger partial charge is 0 e. The van der Waals surface area contributed by atoms with E-state index in [1.54, 1.807) is 0 Å². The molecule has 0 N–H and O–H groups in total. The first-order valence-corrected chi connectivity index (χ1v) is 10.2. The van der Waals surface area contributed by atoms with Crippen LogP contribution in [0.1, 0.15) is 59.2 Å². The minimum Gasteiger partial charge on any atom is -0.268 e. The van der Waals surface area contributed by atoms with E-state index in [0.717, 1.165) is 6.42 Å². The van der Waals surface area contributed by atoms with Crippen molar-refractivity contribution in [1.82, 2.24) is 0 Å². The Labute approximate surface area is 190 Å². The third kappa shape index (κ3) is 4.15. The van der Waals surface area contributed by atoms with E-state index in [1.807, 2.05) is 0 Å². The summed E-state index contributed by atoms with van der Waals surface area (Å²) < 4.78 is 0. The molecule has 1 unspecified atom stereocenters. The Balaban J connectivity index is 0.000000221. The van der Waals surface area contributed by atoms with Crippen molar-refractivity contribution < 1.29 is 25.8 Å². The Morgan fingerprint density at radius 3 is 2.11 bits per heavy atom. The molecule has 0 amide bonds. The Hall–Kier alpha value is -1.34. The van der Waals surface area contributed by atoms with Crippen molar-refractivity contribution in [1.29, 1.82) is 0 Å². The molecule has 0 radical (unpaired) electrons. The van der Waals surface area contributed by atoms with Crippen LogP contribution in [0, 0.1) is 46.6 Å². The van der Waals surface area contributed by atoms with E-state index in [-0.39, 0.29) is 25.8 Å². The van der Waals surface area contributed by atoms with Crippen molar-refractivity contribution in [2.75, 3.05) is 0 Å². The predicted octanol–water partition coefficient (Wildman–Crippen LogP) is 7.57. The van der Waals surface area contributed by atoms with Crippen molar-refractivity contribution in [2.24, 2.45) is 5.92 Å². The van der Waals surface area contributed by atoms with E-state index in [0.29, 0.717) is 5.92 Å². The average Bonchev–Trinajstić information content (AvgIpc) is 3.21. The summed E-state index contributed by atoms with van der Waals surface area (Å²) in [6.07, 6.45) is 5.75. The van der Waals surface area contributed by atoms with Crippen LogP contribution in [0.4, 0.5) is 0 Å². The molecule has 4 rings (SSSR count). The maximum absolute atomic E-state index is 3.58. The fourth-order valence-electron chi connectivity index (χ4n) is 4.09. The van der Waals surface area contributed by atoms with Crippen LogP contribution in [-0.4, -0.2) is 0 Å². The first kappa shape index (κ1) is 22.9. The van der Waals surface area contributed by atoms with Gasteiger partial charge in [0.1, 0.15) is 0 Å². The molecule has 1 aliphatic rings. The molecule has 1 aliphatic carbocycles. The van der Waals surface area contributed by atoms with Gasteiger partial charge in [-0.2, -0.15) is 33.4 Å². The fraction of sp³-hybridized carbons (Fsp3) is 0.370. The van der Waals surface area contributed by atoms with E-state index in [1.165, 1.54) is 61.7 Å². The van der Waals surface area contributed by atoms with Gasteiger partial charge in [-0.25, -0.2) is 5.57 Å². The first-order chi connectivity index (χ1) is 12.9. The molecule has 0 nitrogen and oxygen atoms in total. The molecule has 0 aliphatic heterocycles. The van der Waals surface area contributed by atoms with Crippen molar-refractivity contribution in [2.45, 2.75) is 61.3 Å². The maximum atomic E-state index is 3.58. The van der Waals surface area contributed by atoms with Crippen molar-refractivity contribution in [3.8, 4) is 0 Å². The summed E-state index contributed by atoms with van der Waals surface area (Å²) >= 11 is 0. The molecule has 1 atom stereocenters. The molecule has 0 fully saturated rings. The van der Waals surface area contributed by atoms with Gasteiger partial charge in [0.2, 0.25) is 0 Å². The second-order valence-electron chi connectivity index (χ2n) is 8.02. The van der Waals surface area contributed by atoms with Crippen molar-refractivity contribution in [3.05, 3.63) is 81.4 Å². The van der Waals surface area contributed by atoms with Gasteiger partial charge < -0.3 is 0 Å². The number of allylic oxidation sites excluding steroid dienone is 2. The van der Waals surface area contributed by atoms with Gasteiger partial charge in [-0.05, 0) is 5.39 Å². The second kappa shape index (κ2) is 9.44. The van der Waals surface area contributed by atoms with Gasteiger partial charge in [0.25, 0.3) is 0 Å². The largest absolute Gasteiger partial charge is 0.268 e. The fourth-order valence-corrected chi connectivity index (χ4v) is 4.09. The molecule has 0 saturated carbocycles. The van der Waals surface area contributed by atoms with Gasteiger partial charge >= 0.3 is 0 Å². The number of rotatable bonds is 2. The molecule has 0 saturated heterocycles. The third-order valence-electron chi connectivity index (χ3n) is 6.67. The van der Waals surface area contributed by atoms with Crippen LogP contribution < -0.4 is 0 Å². The molecule has 28 heavy (non-hydrogen) atoms. The zero-order valence-corrected chi connectivity index (χ0v) is 22.0. The van der Waals surface area contributed by atoms with Gasteiger partial charge in [-0.15, -0.1) is 12.0 Å². The van der Waals surface area contributed by atoms with E-state index >= 15 is 0 Å². The SMILES string of the molecule is CCC(C)C1=[C-]Cc2ccc3ccccc3c21.Cc1c(C)c(C)[c-](C)c1C.[Hf]. The standard InChI is InChI=1S/C17H17.C10H15.Hf/c1-3-12(2)15-11-10-14-9-8-13-6-4-5-7-16(13)17(14)15;1-6-7(2)9(4)10(5)8(6)3;/h4-9,12H,3,10H2,1-2H3;1-5H3;/q2*-1;. The van der Waals surface area contributed by atoms with Crippen molar-refractivity contribution in [3.63, 3.8) is 0 Å². The van der Waals surface area contributed by atoms with E-state index in [9.17, 15) is 0 Å². The zero-order chi connectivity index (χ0) is 19.7. The molecule has 1 heteroatoms. The summed E-state index contributed by atoms with van der Waals surface area (Å²) in [5.41, 5.74) is 11.7. The maximum Gasteiger partial charge on any atom is 0 e. The molecule has 3 aromatic rings. The second-order valence-corrected chi connectivity index (χ2v) is 8.02. The van der Waals surface area contributed by atoms with Gasteiger partial charge in [-0.1, -0.05) is 103 Å². The summed E-state index contributed by atoms with van der Waals surface area (Å²) in [5, 5.41) is 2.74. The van der Waals surface area contributed by atoms with Crippen molar-refractivity contribution >= 4 is 16.3 Å². The topological polar surface area (TPSA) is 0 Å². The molecule has 3 aromatic carbocycles. The van der Waals surface area contributed by atoms with Crippen LogP contribution in [0.25, 0.3) is 16.3 Å². The summed E-state index contributed by atoms with van der Waals surface area (Å²) in [6, 6.07) is 13.2. The Morgan fingerprint density at radius 1 is 0.964 bits per heavy atom. The minimum atomic E-state index is 0. The quantitative estimate of drug-likeness (QED) is 0.235. The summed E-state index contributed by atoms with van der Waals surface area (Å²) in [4.78, 5) is 0. The van der Waals surface area contributed by atoms with Crippen LogP contribution in [0.15, 0.2) is 36.4 Å². The Kier molecular flexibility index (Phi) is 7.73. The Bertz CT molecular complexity index is 920. The molecular weight excluding hydrogens is 503 g/mol. The minimum absolute atomic E-state index is 0. The van der Waals surface area contributed by atoms with Gasteiger partial charge in [0.15, 0.2) is 0 Å². The van der Waals surface area contributed by atoms with Gasteiger partial charge in [-0.3, -0.25) is 6.08 Å². The molecular formula is C27H32Hf-2. The first-order valence-electron chi connectivity index (χ1n) is 10.2. The average molecular weight is 535 g/mol.